The molecule has 0 radical (unpaired) electrons. The first kappa shape index (κ1) is 21.0. The van der Waals surface area contributed by atoms with Crippen LogP contribution in [-0.4, -0.2) is 30.8 Å². The van der Waals surface area contributed by atoms with Gasteiger partial charge in [0.15, 0.2) is 0 Å². The molecule has 2 aromatic carbocycles. The van der Waals surface area contributed by atoms with Crippen LogP contribution in [0.15, 0.2) is 36.4 Å². The van der Waals surface area contributed by atoms with Crippen LogP contribution in [-0.2, 0) is 14.1 Å². The average molecular weight is 413 g/mol. The van der Waals surface area contributed by atoms with E-state index in [2.05, 4.69) is 0 Å². The fourth-order valence-electron chi connectivity index (χ4n) is 4.05. The highest BCUT2D eigenvalue weighted by Crippen LogP contribution is 2.37. The van der Waals surface area contributed by atoms with Crippen LogP contribution < -0.4 is 10.4 Å². The summed E-state index contributed by atoms with van der Waals surface area (Å²) in [7, 11) is -0.471. The monoisotopic (exact) mass is 413 g/mol. The molecule has 2 fully saturated rings. The Morgan fingerprint density at radius 3 is 2.17 bits per heavy atom. The van der Waals surface area contributed by atoms with Crippen LogP contribution in [0.1, 0.15) is 51.2 Å². The maximum atomic E-state index is 13.6. The van der Waals surface area contributed by atoms with E-state index in [0.29, 0.717) is 12.1 Å². The number of hydrogen-bond donors (Lipinski definition) is 0. The Balaban J connectivity index is 1.55. The molecule has 2 heterocycles. The molecule has 7 heteroatoms. The van der Waals surface area contributed by atoms with Crippen LogP contribution in [0, 0.1) is 18.6 Å². The fraction of sp³-hybridized carbons (Fsp3) is 0.435. The summed E-state index contributed by atoms with van der Waals surface area (Å²) in [6, 6.07) is 9.19. The lowest BCUT2D eigenvalue weighted by Gasteiger charge is -2.32. The number of halogens is 2. The van der Waals surface area contributed by atoms with Crippen LogP contribution >= 0.6 is 0 Å². The standard InChI is InChI=1S/C23H26BF2NO3/c1-14-8-19(6-7-20(14)24-29-22(2,3)23(4,5)30-24)27-13-16(11-21(27)28)15-9-17(25)12-18(26)10-15/h6-10,12,16H,11,13H2,1-5H3. The molecule has 158 valence electrons. The van der Waals surface area contributed by atoms with Gasteiger partial charge in [-0.05, 0) is 75.5 Å². The number of aryl methyl sites for hydroxylation is 1. The maximum Gasteiger partial charge on any atom is 0.495 e. The summed E-state index contributed by atoms with van der Waals surface area (Å²) in [5, 5.41) is 0. The molecule has 30 heavy (non-hydrogen) atoms. The number of carbonyl (C=O) groups is 1. The number of rotatable bonds is 3. The lowest BCUT2D eigenvalue weighted by molar-refractivity contribution is -0.117. The molecule has 2 saturated heterocycles. The Morgan fingerprint density at radius 2 is 1.60 bits per heavy atom. The molecule has 4 nitrogen and oxygen atoms in total. The minimum absolute atomic E-state index is 0.0625. The van der Waals surface area contributed by atoms with Crippen molar-refractivity contribution in [2.75, 3.05) is 11.4 Å². The molecule has 4 rings (SSSR count). The van der Waals surface area contributed by atoms with Gasteiger partial charge < -0.3 is 14.2 Å². The lowest BCUT2D eigenvalue weighted by Crippen LogP contribution is -2.41. The van der Waals surface area contributed by atoms with Gasteiger partial charge >= 0.3 is 7.12 Å². The third kappa shape index (κ3) is 3.65. The van der Waals surface area contributed by atoms with Gasteiger partial charge in [0.25, 0.3) is 0 Å². The van der Waals surface area contributed by atoms with Gasteiger partial charge in [-0.25, -0.2) is 8.78 Å². The van der Waals surface area contributed by atoms with Crippen molar-refractivity contribution in [1.82, 2.24) is 0 Å². The van der Waals surface area contributed by atoms with Gasteiger partial charge in [0.05, 0.1) is 11.2 Å². The highest BCUT2D eigenvalue weighted by atomic mass is 19.1. The molecule has 0 spiro atoms. The summed E-state index contributed by atoms with van der Waals surface area (Å²) >= 11 is 0. The summed E-state index contributed by atoms with van der Waals surface area (Å²) in [4.78, 5) is 14.3. The van der Waals surface area contributed by atoms with E-state index < -0.39 is 30.0 Å². The quantitative estimate of drug-likeness (QED) is 0.712. The summed E-state index contributed by atoms with van der Waals surface area (Å²) in [6.45, 7) is 10.4. The van der Waals surface area contributed by atoms with Crippen LogP contribution in [0.3, 0.4) is 0 Å². The van der Waals surface area contributed by atoms with E-state index in [9.17, 15) is 13.6 Å². The Kier molecular flexibility index (Phi) is 5.02. The number of amides is 1. The fourth-order valence-corrected chi connectivity index (χ4v) is 4.05. The zero-order valence-corrected chi connectivity index (χ0v) is 18.0. The van der Waals surface area contributed by atoms with Gasteiger partial charge in [0.2, 0.25) is 5.91 Å². The maximum absolute atomic E-state index is 13.6. The molecular weight excluding hydrogens is 387 g/mol. The highest BCUT2D eigenvalue weighted by Gasteiger charge is 2.52. The third-order valence-electron chi connectivity index (χ3n) is 6.55. The summed E-state index contributed by atoms with van der Waals surface area (Å²) in [5.74, 6) is -1.56. The topological polar surface area (TPSA) is 38.8 Å². The molecule has 0 N–H and O–H groups in total. The Bertz CT molecular complexity index is 972. The van der Waals surface area contributed by atoms with Crippen molar-refractivity contribution in [2.45, 2.75) is 58.2 Å². The van der Waals surface area contributed by atoms with Gasteiger partial charge in [0.1, 0.15) is 11.6 Å². The molecule has 0 saturated carbocycles. The van der Waals surface area contributed by atoms with Crippen LogP contribution in [0.2, 0.25) is 0 Å². The summed E-state index contributed by atoms with van der Waals surface area (Å²) < 4.78 is 39.5. The zero-order chi connectivity index (χ0) is 21.8. The minimum Gasteiger partial charge on any atom is -0.399 e. The normalized spacial score (nSPS) is 22.8. The minimum atomic E-state index is -0.626. The SMILES string of the molecule is Cc1cc(N2CC(c3cc(F)cc(F)c3)CC2=O)ccc1B1OC(C)(C)C(C)(C)O1. The Labute approximate surface area is 176 Å². The van der Waals surface area contributed by atoms with Crippen molar-refractivity contribution in [3.05, 3.63) is 59.2 Å². The van der Waals surface area contributed by atoms with Crippen molar-refractivity contribution in [3.63, 3.8) is 0 Å². The molecule has 2 aliphatic rings. The number of carbonyl (C=O) groups excluding carboxylic acids is 1. The van der Waals surface area contributed by atoms with Gasteiger partial charge in [0, 0.05) is 30.6 Å². The molecule has 2 aromatic rings. The van der Waals surface area contributed by atoms with Crippen molar-refractivity contribution >= 4 is 24.2 Å². The molecule has 0 aromatic heterocycles. The van der Waals surface area contributed by atoms with E-state index >= 15 is 0 Å². The first-order valence-corrected chi connectivity index (χ1v) is 10.2. The van der Waals surface area contributed by atoms with Gasteiger partial charge in [-0.2, -0.15) is 0 Å². The van der Waals surface area contributed by atoms with Gasteiger partial charge in [-0.3, -0.25) is 4.79 Å². The molecule has 1 unspecified atom stereocenters. The number of anilines is 1. The lowest BCUT2D eigenvalue weighted by atomic mass is 9.76. The van der Waals surface area contributed by atoms with E-state index in [0.717, 1.165) is 22.8 Å². The molecule has 1 amide bonds. The first-order chi connectivity index (χ1) is 14.0. The van der Waals surface area contributed by atoms with E-state index in [-0.39, 0.29) is 18.2 Å². The summed E-state index contributed by atoms with van der Waals surface area (Å²) in [5.41, 5.74) is 2.29. The van der Waals surface area contributed by atoms with Crippen molar-refractivity contribution in [1.29, 1.82) is 0 Å². The molecule has 0 aliphatic carbocycles. The Morgan fingerprint density at radius 1 is 1.00 bits per heavy atom. The average Bonchev–Trinajstić information content (AvgIpc) is 3.10. The van der Waals surface area contributed by atoms with Gasteiger partial charge in [-0.15, -0.1) is 0 Å². The zero-order valence-electron chi connectivity index (χ0n) is 18.0. The third-order valence-corrected chi connectivity index (χ3v) is 6.55. The van der Waals surface area contributed by atoms with E-state index in [1.165, 1.54) is 12.1 Å². The smallest absolute Gasteiger partial charge is 0.399 e. The molecule has 2 aliphatic heterocycles. The number of nitrogens with zero attached hydrogens (tertiary/aromatic N) is 1. The van der Waals surface area contributed by atoms with Crippen LogP contribution in [0.5, 0.6) is 0 Å². The summed E-state index contributed by atoms with van der Waals surface area (Å²) in [6.07, 6.45) is 0.223. The highest BCUT2D eigenvalue weighted by molar-refractivity contribution is 6.62. The van der Waals surface area contributed by atoms with Crippen LogP contribution in [0.25, 0.3) is 0 Å². The van der Waals surface area contributed by atoms with Crippen molar-refractivity contribution < 1.29 is 22.9 Å². The molecule has 0 bridgehead atoms. The van der Waals surface area contributed by atoms with E-state index in [1.807, 2.05) is 52.8 Å². The number of benzene rings is 2. The Hall–Kier alpha value is -2.25. The largest absolute Gasteiger partial charge is 0.495 e. The second kappa shape index (κ2) is 7.17. The first-order valence-electron chi connectivity index (χ1n) is 10.2. The second-order valence-electron chi connectivity index (χ2n) is 9.24. The van der Waals surface area contributed by atoms with E-state index in [1.54, 1.807) is 4.90 Å². The number of hydrogen-bond acceptors (Lipinski definition) is 3. The van der Waals surface area contributed by atoms with Crippen LogP contribution in [0.4, 0.5) is 14.5 Å². The van der Waals surface area contributed by atoms with Crippen molar-refractivity contribution in [2.24, 2.45) is 0 Å². The molecular formula is C23H26BF2NO3. The molecule has 1 atom stereocenters. The predicted octanol–water partition coefficient (Wildman–Crippen LogP) is 4.09. The second-order valence-corrected chi connectivity index (χ2v) is 9.24. The van der Waals surface area contributed by atoms with Crippen molar-refractivity contribution in [3.8, 4) is 0 Å². The van der Waals surface area contributed by atoms with Gasteiger partial charge in [-0.1, -0.05) is 6.07 Å². The van der Waals surface area contributed by atoms with E-state index in [4.69, 9.17) is 9.31 Å². The predicted molar refractivity (Wildman–Crippen MR) is 113 cm³/mol.